The Morgan fingerprint density at radius 2 is 1.70 bits per heavy atom. The van der Waals surface area contributed by atoms with Crippen LogP contribution in [0.5, 0.6) is 5.75 Å². The average molecular weight is 457 g/mol. The summed E-state index contributed by atoms with van der Waals surface area (Å²) >= 11 is 0. The number of benzene rings is 2. The van der Waals surface area contributed by atoms with Gasteiger partial charge in [-0.3, -0.25) is 9.59 Å². The molecule has 0 saturated carbocycles. The molecule has 1 heterocycles. The van der Waals surface area contributed by atoms with Crippen molar-refractivity contribution in [1.82, 2.24) is 10.2 Å². The number of nitrogens with one attached hydrogen (secondary N) is 1. The molecular weight excluding hydrogens is 427 g/mol. The van der Waals surface area contributed by atoms with Crippen LogP contribution >= 0.6 is 0 Å². The number of hydrogen-bond acceptors (Lipinski definition) is 5. The molecule has 2 aromatic carbocycles. The predicted molar refractivity (Wildman–Crippen MR) is 120 cm³/mol. The molecule has 0 spiro atoms. The Labute approximate surface area is 192 Å². The van der Waals surface area contributed by atoms with Crippen LogP contribution in [0.2, 0.25) is 0 Å². The van der Waals surface area contributed by atoms with Gasteiger partial charge in [-0.1, -0.05) is 12.1 Å². The standard InChI is InChI=1S/C25H29FN2O5/c1-2-32-25(31)33-22-10-6-20(7-11-22)24(30)28-15-13-19(14-16-28)17-27-23(29)12-5-18-3-8-21(26)9-4-18/h3-4,6-11,19H,2,5,12-17H2,1H3,(H,27,29). The number of aryl methyl sites for hydroxylation is 1. The number of ether oxygens (including phenoxy) is 2. The maximum atomic E-state index is 12.9. The Balaban J connectivity index is 1.37. The Bertz CT molecular complexity index is 938. The van der Waals surface area contributed by atoms with E-state index in [1.54, 1.807) is 48.2 Å². The molecule has 0 atom stereocenters. The fraction of sp³-hybridized carbons (Fsp3) is 0.400. The zero-order valence-corrected chi connectivity index (χ0v) is 18.7. The molecule has 0 bridgehead atoms. The van der Waals surface area contributed by atoms with E-state index in [4.69, 9.17) is 9.47 Å². The highest BCUT2D eigenvalue weighted by Crippen LogP contribution is 2.20. The van der Waals surface area contributed by atoms with Crippen LogP contribution in [0.15, 0.2) is 48.5 Å². The van der Waals surface area contributed by atoms with Gasteiger partial charge in [-0.05, 0) is 74.1 Å². The number of amides is 2. The number of halogens is 1. The van der Waals surface area contributed by atoms with Gasteiger partial charge in [-0.25, -0.2) is 9.18 Å². The van der Waals surface area contributed by atoms with E-state index in [1.807, 2.05) is 0 Å². The molecule has 2 aromatic rings. The summed E-state index contributed by atoms with van der Waals surface area (Å²) < 4.78 is 22.7. The van der Waals surface area contributed by atoms with Gasteiger partial charge in [0.2, 0.25) is 5.91 Å². The number of nitrogens with zero attached hydrogens (tertiary/aromatic N) is 1. The van der Waals surface area contributed by atoms with Crippen LogP contribution in [0, 0.1) is 11.7 Å². The van der Waals surface area contributed by atoms with Gasteiger partial charge >= 0.3 is 6.16 Å². The van der Waals surface area contributed by atoms with Gasteiger partial charge in [0.25, 0.3) is 5.91 Å². The SMILES string of the molecule is CCOC(=O)Oc1ccc(C(=O)N2CCC(CNC(=O)CCc3ccc(F)cc3)CC2)cc1. The summed E-state index contributed by atoms with van der Waals surface area (Å²) in [5.74, 6) is 0.263. The van der Waals surface area contributed by atoms with E-state index < -0.39 is 6.16 Å². The van der Waals surface area contributed by atoms with E-state index in [9.17, 15) is 18.8 Å². The smallest absolute Gasteiger partial charge is 0.434 e. The van der Waals surface area contributed by atoms with Gasteiger partial charge in [0, 0.05) is 31.6 Å². The van der Waals surface area contributed by atoms with Gasteiger partial charge in [-0.2, -0.15) is 0 Å². The van der Waals surface area contributed by atoms with Crippen molar-refractivity contribution in [3.8, 4) is 5.75 Å². The molecule has 1 N–H and O–H groups in total. The first-order valence-corrected chi connectivity index (χ1v) is 11.2. The second kappa shape index (κ2) is 12.0. The highest BCUT2D eigenvalue weighted by molar-refractivity contribution is 5.94. The number of carbonyl (C=O) groups is 3. The fourth-order valence-corrected chi connectivity index (χ4v) is 3.69. The Morgan fingerprint density at radius 1 is 1.03 bits per heavy atom. The van der Waals surface area contributed by atoms with E-state index >= 15 is 0 Å². The lowest BCUT2D eigenvalue weighted by Crippen LogP contribution is -2.41. The topological polar surface area (TPSA) is 84.9 Å². The monoisotopic (exact) mass is 456 g/mol. The number of carbonyl (C=O) groups excluding carboxylic acids is 3. The molecule has 8 heteroatoms. The van der Waals surface area contributed by atoms with E-state index in [0.717, 1.165) is 18.4 Å². The summed E-state index contributed by atoms with van der Waals surface area (Å²) in [7, 11) is 0. The third kappa shape index (κ3) is 7.59. The molecule has 1 saturated heterocycles. The molecule has 0 radical (unpaired) electrons. The van der Waals surface area contributed by atoms with Crippen molar-refractivity contribution in [2.75, 3.05) is 26.2 Å². The van der Waals surface area contributed by atoms with Crippen LogP contribution in [0.25, 0.3) is 0 Å². The minimum absolute atomic E-state index is 0.0250. The molecule has 0 aliphatic carbocycles. The van der Waals surface area contributed by atoms with Crippen molar-refractivity contribution in [2.24, 2.45) is 5.92 Å². The first-order chi connectivity index (χ1) is 15.9. The summed E-state index contributed by atoms with van der Waals surface area (Å²) in [6.07, 6.45) is 1.78. The first-order valence-electron chi connectivity index (χ1n) is 11.2. The number of hydrogen-bond donors (Lipinski definition) is 1. The lowest BCUT2D eigenvalue weighted by Gasteiger charge is -2.32. The highest BCUT2D eigenvalue weighted by Gasteiger charge is 2.24. The molecule has 1 fully saturated rings. The predicted octanol–water partition coefficient (Wildman–Crippen LogP) is 3.96. The largest absolute Gasteiger partial charge is 0.513 e. The zero-order valence-electron chi connectivity index (χ0n) is 18.7. The number of likely N-dealkylation sites (tertiary alicyclic amines) is 1. The van der Waals surface area contributed by atoms with Crippen molar-refractivity contribution in [2.45, 2.75) is 32.6 Å². The molecule has 0 aromatic heterocycles. The maximum absolute atomic E-state index is 12.9. The van der Waals surface area contributed by atoms with Crippen molar-refractivity contribution in [1.29, 1.82) is 0 Å². The Morgan fingerprint density at radius 3 is 2.33 bits per heavy atom. The lowest BCUT2D eigenvalue weighted by atomic mass is 9.96. The number of piperidine rings is 1. The summed E-state index contributed by atoms with van der Waals surface area (Å²) in [5.41, 5.74) is 1.46. The van der Waals surface area contributed by atoms with Crippen LogP contribution in [-0.2, 0) is 16.0 Å². The molecule has 33 heavy (non-hydrogen) atoms. The minimum Gasteiger partial charge on any atom is -0.434 e. The van der Waals surface area contributed by atoms with Crippen molar-refractivity contribution < 1.29 is 28.2 Å². The van der Waals surface area contributed by atoms with E-state index in [-0.39, 0.29) is 24.2 Å². The van der Waals surface area contributed by atoms with Crippen molar-refractivity contribution >= 4 is 18.0 Å². The van der Waals surface area contributed by atoms with E-state index in [1.165, 1.54) is 12.1 Å². The number of rotatable bonds is 8. The lowest BCUT2D eigenvalue weighted by molar-refractivity contribution is -0.121. The minimum atomic E-state index is -0.777. The first kappa shape index (κ1) is 24.2. The van der Waals surface area contributed by atoms with Gasteiger partial charge in [-0.15, -0.1) is 0 Å². The van der Waals surface area contributed by atoms with Gasteiger partial charge in [0.05, 0.1) is 6.61 Å². The second-order valence-corrected chi connectivity index (χ2v) is 7.98. The molecule has 176 valence electrons. The van der Waals surface area contributed by atoms with Crippen molar-refractivity contribution in [3.05, 3.63) is 65.5 Å². The zero-order chi connectivity index (χ0) is 23.6. The summed E-state index contributed by atoms with van der Waals surface area (Å²) in [4.78, 5) is 38.0. The van der Waals surface area contributed by atoms with E-state index in [0.29, 0.717) is 49.7 Å². The molecule has 0 unspecified atom stereocenters. The second-order valence-electron chi connectivity index (χ2n) is 7.98. The summed E-state index contributed by atoms with van der Waals surface area (Å²) in [6, 6.07) is 12.6. The van der Waals surface area contributed by atoms with Crippen LogP contribution in [-0.4, -0.2) is 49.1 Å². The third-order valence-corrected chi connectivity index (χ3v) is 5.61. The third-order valence-electron chi connectivity index (χ3n) is 5.61. The molecule has 1 aliphatic rings. The van der Waals surface area contributed by atoms with E-state index in [2.05, 4.69) is 5.32 Å². The van der Waals surface area contributed by atoms with Gasteiger partial charge in [0.15, 0.2) is 0 Å². The summed E-state index contributed by atoms with van der Waals surface area (Å²) in [6.45, 7) is 3.75. The summed E-state index contributed by atoms with van der Waals surface area (Å²) in [5, 5.41) is 2.97. The van der Waals surface area contributed by atoms with Gasteiger partial charge < -0.3 is 19.7 Å². The Kier molecular flexibility index (Phi) is 8.80. The van der Waals surface area contributed by atoms with Crippen LogP contribution in [0.4, 0.5) is 9.18 Å². The van der Waals surface area contributed by atoms with Gasteiger partial charge in [0.1, 0.15) is 11.6 Å². The van der Waals surface area contributed by atoms with Crippen LogP contribution < -0.4 is 10.1 Å². The average Bonchev–Trinajstić information content (AvgIpc) is 2.83. The molecular formula is C25H29FN2O5. The Hall–Kier alpha value is -3.42. The normalized spacial score (nSPS) is 13.9. The quantitative estimate of drug-likeness (QED) is 0.480. The van der Waals surface area contributed by atoms with Crippen LogP contribution in [0.1, 0.15) is 42.1 Å². The molecule has 2 amide bonds. The molecule has 3 rings (SSSR count). The molecule has 1 aliphatic heterocycles. The maximum Gasteiger partial charge on any atom is 0.513 e. The van der Waals surface area contributed by atoms with Crippen molar-refractivity contribution in [3.63, 3.8) is 0 Å². The highest BCUT2D eigenvalue weighted by atomic mass is 19.1. The van der Waals surface area contributed by atoms with Crippen LogP contribution in [0.3, 0.4) is 0 Å². The molecule has 7 nitrogen and oxygen atoms in total. The fourth-order valence-electron chi connectivity index (χ4n) is 3.69.